The number of nitrogens with zero attached hydrogens (tertiary/aromatic N) is 2. The molecule has 0 spiro atoms. The van der Waals surface area contributed by atoms with Crippen LogP contribution >= 0.6 is 11.6 Å². The number of oxazole rings is 1. The molecule has 0 amide bonds. The van der Waals surface area contributed by atoms with Crippen LogP contribution < -0.4 is 0 Å². The number of carbonyl (C=O) groups is 1. The Morgan fingerprint density at radius 2 is 2.11 bits per heavy atom. The summed E-state index contributed by atoms with van der Waals surface area (Å²) in [5.41, 5.74) is 2.64. The van der Waals surface area contributed by atoms with Gasteiger partial charge < -0.3 is 4.42 Å². The first-order chi connectivity index (χ1) is 9.13. The van der Waals surface area contributed by atoms with Crippen LogP contribution in [-0.4, -0.2) is 15.8 Å². The van der Waals surface area contributed by atoms with Gasteiger partial charge in [-0.25, -0.2) is 9.97 Å². The number of Topliss-reactive ketones (excluding diaryl/α,β-unsaturated/α-hetero) is 1. The van der Waals surface area contributed by atoms with Gasteiger partial charge in [0.2, 0.25) is 5.89 Å². The number of halogens is 1. The van der Waals surface area contributed by atoms with Gasteiger partial charge in [0.1, 0.15) is 10.7 Å². The van der Waals surface area contributed by atoms with Gasteiger partial charge in [-0.15, -0.1) is 0 Å². The lowest BCUT2D eigenvalue weighted by molar-refractivity contribution is 0.101. The van der Waals surface area contributed by atoms with Crippen molar-refractivity contribution in [2.45, 2.75) is 6.92 Å². The number of hydrogen-bond donors (Lipinski definition) is 0. The van der Waals surface area contributed by atoms with E-state index in [-0.39, 0.29) is 5.78 Å². The third-order valence-corrected chi connectivity index (χ3v) is 2.99. The zero-order valence-corrected chi connectivity index (χ0v) is 10.8. The lowest BCUT2D eigenvalue weighted by atomic mass is 10.1. The Labute approximate surface area is 114 Å². The van der Waals surface area contributed by atoms with Crippen LogP contribution in [0.3, 0.4) is 0 Å². The summed E-state index contributed by atoms with van der Waals surface area (Å²) in [6, 6.07) is 8.64. The van der Waals surface area contributed by atoms with Gasteiger partial charge in [0.05, 0.1) is 5.56 Å². The van der Waals surface area contributed by atoms with Crippen LogP contribution in [0.25, 0.3) is 22.6 Å². The van der Waals surface area contributed by atoms with Crippen molar-refractivity contribution in [1.82, 2.24) is 9.97 Å². The number of carbonyl (C=O) groups excluding carboxylic acids is 1. The molecule has 0 saturated heterocycles. The van der Waals surface area contributed by atoms with Crippen molar-refractivity contribution in [3.63, 3.8) is 0 Å². The highest BCUT2D eigenvalue weighted by molar-refractivity contribution is 6.29. The van der Waals surface area contributed by atoms with Crippen molar-refractivity contribution in [2.24, 2.45) is 0 Å². The molecule has 0 bridgehead atoms. The summed E-state index contributed by atoms with van der Waals surface area (Å²) in [6.07, 6.45) is 1.60. The highest BCUT2D eigenvalue weighted by Crippen LogP contribution is 2.25. The fourth-order valence-corrected chi connectivity index (χ4v) is 1.88. The number of rotatable bonds is 2. The summed E-state index contributed by atoms with van der Waals surface area (Å²) in [4.78, 5) is 19.7. The molecule has 0 aliphatic rings. The SMILES string of the molecule is CC(=O)c1ccc2oc(-c3ccc(Cl)nc3)nc2c1. The van der Waals surface area contributed by atoms with E-state index in [0.717, 1.165) is 5.56 Å². The molecule has 4 nitrogen and oxygen atoms in total. The van der Waals surface area contributed by atoms with Crippen LogP contribution in [-0.2, 0) is 0 Å². The topological polar surface area (TPSA) is 56.0 Å². The molecule has 2 aromatic heterocycles. The van der Waals surface area contributed by atoms with Gasteiger partial charge in [0.25, 0.3) is 0 Å². The minimum absolute atomic E-state index is 0.000361. The third kappa shape index (κ3) is 2.22. The molecule has 0 N–H and O–H groups in total. The molecule has 0 radical (unpaired) electrons. The summed E-state index contributed by atoms with van der Waals surface area (Å²) in [6.45, 7) is 1.52. The number of fused-ring (bicyclic) bond motifs is 1. The first kappa shape index (κ1) is 11.9. The summed E-state index contributed by atoms with van der Waals surface area (Å²) >= 11 is 5.73. The highest BCUT2D eigenvalue weighted by Gasteiger charge is 2.10. The van der Waals surface area contributed by atoms with E-state index in [9.17, 15) is 4.79 Å². The fraction of sp³-hybridized carbons (Fsp3) is 0.0714. The van der Waals surface area contributed by atoms with Crippen LogP contribution in [0.15, 0.2) is 40.9 Å². The number of benzene rings is 1. The van der Waals surface area contributed by atoms with Crippen LogP contribution in [0.5, 0.6) is 0 Å². The van der Waals surface area contributed by atoms with Gasteiger partial charge in [-0.05, 0) is 37.3 Å². The number of ketones is 1. The second kappa shape index (κ2) is 4.48. The molecular formula is C14H9ClN2O2. The Bertz CT molecular complexity index is 763. The van der Waals surface area contributed by atoms with E-state index in [1.165, 1.54) is 6.92 Å². The highest BCUT2D eigenvalue weighted by atomic mass is 35.5. The van der Waals surface area contributed by atoms with Crippen molar-refractivity contribution in [1.29, 1.82) is 0 Å². The minimum atomic E-state index is -0.000361. The zero-order chi connectivity index (χ0) is 13.4. The van der Waals surface area contributed by atoms with Crippen LogP contribution in [0.2, 0.25) is 5.15 Å². The normalized spacial score (nSPS) is 10.8. The lowest BCUT2D eigenvalue weighted by Gasteiger charge is -1.93. The maximum Gasteiger partial charge on any atom is 0.228 e. The zero-order valence-electron chi connectivity index (χ0n) is 10.1. The summed E-state index contributed by atoms with van der Waals surface area (Å²) < 4.78 is 5.62. The number of aromatic nitrogens is 2. The predicted octanol–water partition coefficient (Wildman–Crippen LogP) is 3.75. The molecule has 0 saturated carbocycles. The van der Waals surface area contributed by atoms with Crippen molar-refractivity contribution in [3.05, 3.63) is 47.2 Å². The minimum Gasteiger partial charge on any atom is -0.436 e. The second-order valence-electron chi connectivity index (χ2n) is 4.13. The smallest absolute Gasteiger partial charge is 0.228 e. The average molecular weight is 273 g/mol. The second-order valence-corrected chi connectivity index (χ2v) is 4.51. The maximum absolute atomic E-state index is 11.3. The van der Waals surface area contributed by atoms with Crippen LogP contribution in [0, 0.1) is 0 Å². The van der Waals surface area contributed by atoms with Gasteiger partial charge >= 0.3 is 0 Å². The molecular weight excluding hydrogens is 264 g/mol. The first-order valence-electron chi connectivity index (χ1n) is 5.67. The Morgan fingerprint density at radius 1 is 1.26 bits per heavy atom. The van der Waals surface area contributed by atoms with Gasteiger partial charge in [0, 0.05) is 11.8 Å². The van der Waals surface area contributed by atoms with Crippen molar-refractivity contribution < 1.29 is 9.21 Å². The van der Waals surface area contributed by atoms with Gasteiger partial charge in [-0.3, -0.25) is 4.79 Å². The van der Waals surface area contributed by atoms with E-state index >= 15 is 0 Å². The monoisotopic (exact) mass is 272 g/mol. The predicted molar refractivity (Wildman–Crippen MR) is 72.3 cm³/mol. The molecule has 1 aromatic carbocycles. The van der Waals surface area contributed by atoms with Crippen LogP contribution in [0.4, 0.5) is 0 Å². The van der Waals surface area contributed by atoms with E-state index in [0.29, 0.717) is 27.7 Å². The van der Waals surface area contributed by atoms with E-state index in [2.05, 4.69) is 9.97 Å². The van der Waals surface area contributed by atoms with Gasteiger partial charge in [0.15, 0.2) is 11.4 Å². The fourth-order valence-electron chi connectivity index (χ4n) is 1.77. The van der Waals surface area contributed by atoms with Crippen molar-refractivity contribution in [3.8, 4) is 11.5 Å². The number of hydrogen-bond acceptors (Lipinski definition) is 4. The largest absolute Gasteiger partial charge is 0.436 e. The van der Waals surface area contributed by atoms with Gasteiger partial charge in [-0.1, -0.05) is 11.6 Å². The molecule has 0 aliphatic carbocycles. The summed E-state index contributed by atoms with van der Waals surface area (Å²) in [5, 5.41) is 0.415. The molecule has 0 aliphatic heterocycles. The Hall–Kier alpha value is -2.20. The summed E-state index contributed by atoms with van der Waals surface area (Å²) in [5.74, 6) is 0.458. The van der Waals surface area contributed by atoms with Crippen molar-refractivity contribution >= 4 is 28.5 Å². The van der Waals surface area contributed by atoms with Gasteiger partial charge in [-0.2, -0.15) is 0 Å². The Balaban J connectivity index is 2.11. The summed E-state index contributed by atoms with van der Waals surface area (Å²) in [7, 11) is 0. The van der Waals surface area contributed by atoms with E-state index in [1.807, 2.05) is 0 Å². The molecule has 5 heteroatoms. The first-order valence-corrected chi connectivity index (χ1v) is 6.05. The molecule has 0 unspecified atom stereocenters. The average Bonchev–Trinajstić information content (AvgIpc) is 2.82. The number of pyridine rings is 1. The molecule has 3 rings (SSSR count). The standard InChI is InChI=1S/C14H9ClN2O2/c1-8(18)9-2-4-12-11(6-9)17-14(19-12)10-3-5-13(15)16-7-10/h2-7H,1H3. The molecule has 0 fully saturated rings. The van der Waals surface area contributed by atoms with Crippen LogP contribution in [0.1, 0.15) is 17.3 Å². The Morgan fingerprint density at radius 3 is 2.79 bits per heavy atom. The maximum atomic E-state index is 11.3. The quantitative estimate of drug-likeness (QED) is 0.527. The molecule has 0 atom stereocenters. The third-order valence-electron chi connectivity index (χ3n) is 2.77. The van der Waals surface area contributed by atoms with E-state index in [1.54, 1.807) is 36.5 Å². The van der Waals surface area contributed by atoms with E-state index < -0.39 is 0 Å². The van der Waals surface area contributed by atoms with Crippen molar-refractivity contribution in [2.75, 3.05) is 0 Å². The molecule has 2 heterocycles. The molecule has 19 heavy (non-hydrogen) atoms. The molecule has 3 aromatic rings. The van der Waals surface area contributed by atoms with E-state index in [4.69, 9.17) is 16.0 Å². The Kier molecular flexibility index (Phi) is 2.80. The lowest BCUT2D eigenvalue weighted by Crippen LogP contribution is -1.90. The molecule has 94 valence electrons.